The molecule has 110 valence electrons. The van der Waals surface area contributed by atoms with Crippen molar-refractivity contribution >= 4 is 0 Å². The van der Waals surface area contributed by atoms with E-state index in [9.17, 15) is 0 Å². The molecule has 0 radical (unpaired) electrons. The Morgan fingerprint density at radius 1 is 1.42 bits per heavy atom. The van der Waals surface area contributed by atoms with Crippen molar-refractivity contribution in [1.82, 2.24) is 10.2 Å². The maximum Gasteiger partial charge on any atom is 0.0593 e. The predicted molar refractivity (Wildman–Crippen MR) is 80.4 cm³/mol. The smallest absolute Gasteiger partial charge is 0.0593 e. The fraction of sp³-hybridized carbons (Fsp3) is 0.875. The summed E-state index contributed by atoms with van der Waals surface area (Å²) in [5, 5.41) is 3.80. The third kappa shape index (κ3) is 4.04. The molecule has 0 bridgehead atoms. The summed E-state index contributed by atoms with van der Waals surface area (Å²) >= 11 is 0. The second kappa shape index (κ2) is 6.87. The minimum Gasteiger partial charge on any atom is -0.380 e. The van der Waals surface area contributed by atoms with E-state index in [0.29, 0.717) is 11.6 Å². The summed E-state index contributed by atoms with van der Waals surface area (Å²) in [5.41, 5.74) is 0.340. The summed E-state index contributed by atoms with van der Waals surface area (Å²) in [6.07, 6.45) is 6.91. The molecule has 2 atom stereocenters. The molecule has 1 saturated carbocycles. The maximum absolute atomic E-state index is 5.68. The Kier molecular flexibility index (Phi) is 5.43. The third-order valence-electron chi connectivity index (χ3n) is 4.73. The van der Waals surface area contributed by atoms with Crippen molar-refractivity contribution in [3.8, 4) is 0 Å². The Labute approximate surface area is 118 Å². The topological polar surface area (TPSA) is 24.5 Å². The number of nitrogens with one attached hydrogen (secondary N) is 1. The Bertz CT molecular complexity index is 290. The molecule has 1 N–H and O–H groups in total. The van der Waals surface area contributed by atoms with Crippen LogP contribution in [-0.2, 0) is 4.74 Å². The molecule has 2 fully saturated rings. The van der Waals surface area contributed by atoms with Gasteiger partial charge in [-0.05, 0) is 38.5 Å². The number of piperazine rings is 1. The molecule has 0 aromatic rings. The summed E-state index contributed by atoms with van der Waals surface area (Å²) in [7, 11) is 0. The summed E-state index contributed by atoms with van der Waals surface area (Å²) < 4.78 is 5.68. The highest BCUT2D eigenvalue weighted by Crippen LogP contribution is 2.41. The van der Waals surface area contributed by atoms with Crippen LogP contribution >= 0.6 is 0 Å². The number of hydrogen-bond acceptors (Lipinski definition) is 3. The molecular weight excluding hydrogens is 236 g/mol. The van der Waals surface area contributed by atoms with Crippen LogP contribution in [0.25, 0.3) is 0 Å². The van der Waals surface area contributed by atoms with Crippen LogP contribution in [0.2, 0.25) is 0 Å². The predicted octanol–water partition coefficient (Wildman–Crippen LogP) is 2.43. The van der Waals surface area contributed by atoms with E-state index in [0.717, 1.165) is 38.6 Å². The van der Waals surface area contributed by atoms with Gasteiger partial charge < -0.3 is 10.1 Å². The first kappa shape index (κ1) is 15.0. The number of ether oxygens (including phenoxy) is 1. The minimum absolute atomic E-state index is 0.340. The highest BCUT2D eigenvalue weighted by molar-refractivity contribution is 5.03. The van der Waals surface area contributed by atoms with Crippen LogP contribution < -0.4 is 5.32 Å². The summed E-state index contributed by atoms with van der Waals surface area (Å²) in [6, 6.07) is 0.676. The quantitative estimate of drug-likeness (QED) is 0.539. The molecule has 1 aliphatic carbocycles. The van der Waals surface area contributed by atoms with Crippen LogP contribution in [0, 0.1) is 5.92 Å². The van der Waals surface area contributed by atoms with Crippen molar-refractivity contribution in [2.75, 3.05) is 32.8 Å². The summed E-state index contributed by atoms with van der Waals surface area (Å²) in [4.78, 5) is 2.64. The van der Waals surface area contributed by atoms with Crippen molar-refractivity contribution in [2.24, 2.45) is 5.92 Å². The number of nitrogens with zero attached hydrogens (tertiary/aromatic N) is 1. The number of hydrogen-bond donors (Lipinski definition) is 1. The Balaban J connectivity index is 1.78. The SMILES string of the molecule is C=CCCOCCN1CC(C)(C2CC2)NCC1CC. The first-order valence-corrected chi connectivity index (χ1v) is 7.87. The van der Waals surface area contributed by atoms with Crippen LogP contribution in [-0.4, -0.2) is 49.3 Å². The zero-order valence-electron chi connectivity index (χ0n) is 12.7. The van der Waals surface area contributed by atoms with Crippen LogP contribution in [0.3, 0.4) is 0 Å². The molecule has 0 spiro atoms. The second-order valence-corrected chi connectivity index (χ2v) is 6.29. The van der Waals surface area contributed by atoms with Gasteiger partial charge in [0, 0.05) is 31.2 Å². The van der Waals surface area contributed by atoms with Gasteiger partial charge in [0.2, 0.25) is 0 Å². The van der Waals surface area contributed by atoms with E-state index in [1.807, 2.05) is 6.08 Å². The van der Waals surface area contributed by atoms with E-state index in [1.165, 1.54) is 25.8 Å². The number of rotatable bonds is 8. The van der Waals surface area contributed by atoms with Crippen molar-refractivity contribution in [2.45, 2.75) is 51.1 Å². The Hall–Kier alpha value is -0.380. The normalized spacial score (nSPS) is 32.4. The molecule has 19 heavy (non-hydrogen) atoms. The first-order valence-electron chi connectivity index (χ1n) is 7.87. The molecule has 2 unspecified atom stereocenters. The zero-order chi connectivity index (χ0) is 13.7. The molecule has 0 aromatic carbocycles. The minimum atomic E-state index is 0.340. The van der Waals surface area contributed by atoms with Crippen molar-refractivity contribution < 1.29 is 4.74 Å². The standard InChI is InChI=1S/C16H30N2O/c1-4-6-10-19-11-9-18-13-16(3,14-7-8-14)17-12-15(18)5-2/h4,14-15,17H,1,5-13H2,2-3H3. The van der Waals surface area contributed by atoms with Gasteiger partial charge in [-0.15, -0.1) is 6.58 Å². The molecule has 3 heteroatoms. The van der Waals surface area contributed by atoms with Crippen molar-refractivity contribution in [3.05, 3.63) is 12.7 Å². The average molecular weight is 266 g/mol. The van der Waals surface area contributed by atoms with E-state index in [2.05, 4.69) is 30.6 Å². The van der Waals surface area contributed by atoms with Crippen LogP contribution in [0.5, 0.6) is 0 Å². The van der Waals surface area contributed by atoms with Gasteiger partial charge >= 0.3 is 0 Å². The molecule has 1 saturated heterocycles. The maximum atomic E-state index is 5.68. The van der Waals surface area contributed by atoms with Gasteiger partial charge in [0.25, 0.3) is 0 Å². The molecule has 1 heterocycles. The van der Waals surface area contributed by atoms with Gasteiger partial charge in [-0.2, -0.15) is 0 Å². The fourth-order valence-corrected chi connectivity index (χ4v) is 3.20. The monoisotopic (exact) mass is 266 g/mol. The highest BCUT2D eigenvalue weighted by Gasteiger charge is 2.45. The van der Waals surface area contributed by atoms with E-state index in [4.69, 9.17) is 4.74 Å². The molecule has 2 aliphatic rings. The molecule has 0 aromatic heterocycles. The fourth-order valence-electron chi connectivity index (χ4n) is 3.20. The zero-order valence-corrected chi connectivity index (χ0v) is 12.7. The van der Waals surface area contributed by atoms with E-state index in [-0.39, 0.29) is 0 Å². The molecule has 2 rings (SSSR count). The second-order valence-electron chi connectivity index (χ2n) is 6.29. The lowest BCUT2D eigenvalue weighted by Crippen LogP contribution is -2.64. The molecular formula is C16H30N2O. The third-order valence-corrected chi connectivity index (χ3v) is 4.73. The van der Waals surface area contributed by atoms with Gasteiger partial charge in [0.1, 0.15) is 0 Å². The van der Waals surface area contributed by atoms with Crippen molar-refractivity contribution in [3.63, 3.8) is 0 Å². The van der Waals surface area contributed by atoms with Crippen LogP contribution in [0.4, 0.5) is 0 Å². The molecule has 0 amide bonds. The average Bonchev–Trinajstić information content (AvgIpc) is 3.23. The van der Waals surface area contributed by atoms with Crippen molar-refractivity contribution in [1.29, 1.82) is 0 Å². The summed E-state index contributed by atoms with van der Waals surface area (Å²) in [5.74, 6) is 0.898. The van der Waals surface area contributed by atoms with Gasteiger partial charge in [0.05, 0.1) is 13.2 Å². The van der Waals surface area contributed by atoms with Crippen LogP contribution in [0.15, 0.2) is 12.7 Å². The lowest BCUT2D eigenvalue weighted by atomic mass is 9.90. The van der Waals surface area contributed by atoms with Gasteiger partial charge in [-0.3, -0.25) is 4.90 Å². The van der Waals surface area contributed by atoms with Crippen LogP contribution in [0.1, 0.15) is 39.5 Å². The lowest BCUT2D eigenvalue weighted by Gasteiger charge is -2.46. The first-order chi connectivity index (χ1) is 9.19. The summed E-state index contributed by atoms with van der Waals surface area (Å²) in [6.45, 7) is 13.5. The van der Waals surface area contributed by atoms with E-state index in [1.54, 1.807) is 0 Å². The molecule has 3 nitrogen and oxygen atoms in total. The van der Waals surface area contributed by atoms with Gasteiger partial charge in [-0.25, -0.2) is 0 Å². The van der Waals surface area contributed by atoms with Gasteiger partial charge in [0.15, 0.2) is 0 Å². The Morgan fingerprint density at radius 2 is 2.21 bits per heavy atom. The molecule has 1 aliphatic heterocycles. The van der Waals surface area contributed by atoms with Gasteiger partial charge in [-0.1, -0.05) is 13.0 Å². The van der Waals surface area contributed by atoms with E-state index >= 15 is 0 Å². The largest absolute Gasteiger partial charge is 0.380 e. The Morgan fingerprint density at radius 3 is 2.84 bits per heavy atom. The lowest BCUT2D eigenvalue weighted by molar-refractivity contribution is 0.0383. The highest BCUT2D eigenvalue weighted by atomic mass is 16.5. The van der Waals surface area contributed by atoms with E-state index < -0.39 is 0 Å².